The van der Waals surface area contributed by atoms with E-state index in [2.05, 4.69) is 39.6 Å². The molecule has 1 saturated carbocycles. The molecule has 1 saturated heterocycles. The van der Waals surface area contributed by atoms with Crippen LogP contribution in [0.2, 0.25) is 0 Å². The van der Waals surface area contributed by atoms with Gasteiger partial charge in [0.1, 0.15) is 12.4 Å². The van der Waals surface area contributed by atoms with Gasteiger partial charge in [-0.2, -0.15) is 0 Å². The van der Waals surface area contributed by atoms with Crippen LogP contribution in [0.1, 0.15) is 64.0 Å². The Bertz CT molecular complexity index is 665. The van der Waals surface area contributed by atoms with Crippen LogP contribution >= 0.6 is 24.0 Å². The zero-order valence-electron chi connectivity index (χ0n) is 19.8. The lowest BCUT2D eigenvalue weighted by molar-refractivity contribution is 0.00271. The lowest BCUT2D eigenvalue weighted by Gasteiger charge is -2.39. The van der Waals surface area contributed by atoms with Gasteiger partial charge in [-0.05, 0) is 25.7 Å². The second-order valence-corrected chi connectivity index (χ2v) is 8.69. The number of aromatic nitrogens is 3. The SMILES string of the molecule is CCC(CC)C(CNC(=NCc1nnc(C)n1C)NC1CCCC1)N1CCOCC1.I. The fourth-order valence-corrected chi connectivity index (χ4v) is 4.69. The molecule has 1 aliphatic carbocycles. The molecule has 0 aromatic carbocycles. The third-order valence-corrected chi connectivity index (χ3v) is 6.84. The van der Waals surface area contributed by atoms with Crippen molar-refractivity contribution in [1.29, 1.82) is 0 Å². The molecule has 0 bridgehead atoms. The Balaban J connectivity index is 0.00000341. The second kappa shape index (κ2) is 13.6. The molecule has 1 aromatic heterocycles. The summed E-state index contributed by atoms with van der Waals surface area (Å²) in [6.45, 7) is 11.7. The average molecular weight is 548 g/mol. The summed E-state index contributed by atoms with van der Waals surface area (Å²) in [6.07, 6.45) is 7.45. The van der Waals surface area contributed by atoms with E-state index in [1.165, 1.54) is 38.5 Å². The number of halogens is 1. The Morgan fingerprint density at radius 1 is 1.16 bits per heavy atom. The number of nitrogens with zero attached hydrogens (tertiary/aromatic N) is 5. The predicted molar refractivity (Wildman–Crippen MR) is 136 cm³/mol. The Kier molecular flexibility index (Phi) is 11.5. The van der Waals surface area contributed by atoms with E-state index in [1.807, 2.05) is 18.5 Å². The average Bonchev–Trinajstić information content (AvgIpc) is 3.40. The van der Waals surface area contributed by atoms with Gasteiger partial charge in [0.15, 0.2) is 11.8 Å². The minimum atomic E-state index is 0. The lowest BCUT2D eigenvalue weighted by atomic mass is 9.92. The van der Waals surface area contributed by atoms with Crippen LogP contribution in [-0.4, -0.2) is 70.6 Å². The van der Waals surface area contributed by atoms with Gasteiger partial charge in [0, 0.05) is 38.8 Å². The lowest BCUT2D eigenvalue weighted by Crippen LogP contribution is -2.54. The maximum atomic E-state index is 5.60. The van der Waals surface area contributed by atoms with Gasteiger partial charge < -0.3 is 19.9 Å². The van der Waals surface area contributed by atoms with Crippen molar-refractivity contribution >= 4 is 29.9 Å². The zero-order chi connectivity index (χ0) is 21.3. The molecule has 1 atom stereocenters. The summed E-state index contributed by atoms with van der Waals surface area (Å²) in [5.41, 5.74) is 0. The van der Waals surface area contributed by atoms with Crippen molar-refractivity contribution in [2.75, 3.05) is 32.8 Å². The van der Waals surface area contributed by atoms with Gasteiger partial charge in [-0.15, -0.1) is 34.2 Å². The minimum Gasteiger partial charge on any atom is -0.379 e. The number of guanidine groups is 1. The minimum absolute atomic E-state index is 0. The molecular weight excluding hydrogens is 505 g/mol. The fraction of sp³-hybridized carbons (Fsp3) is 0.864. The molecule has 1 unspecified atom stereocenters. The largest absolute Gasteiger partial charge is 0.379 e. The van der Waals surface area contributed by atoms with Gasteiger partial charge in [0.25, 0.3) is 0 Å². The van der Waals surface area contributed by atoms with Gasteiger partial charge >= 0.3 is 0 Å². The Hall–Kier alpha value is -0.940. The number of hydrogen-bond acceptors (Lipinski definition) is 5. The summed E-state index contributed by atoms with van der Waals surface area (Å²) < 4.78 is 7.61. The molecule has 2 aliphatic rings. The first-order chi connectivity index (χ1) is 14.6. The van der Waals surface area contributed by atoms with Crippen molar-refractivity contribution in [3.05, 3.63) is 11.6 Å². The molecule has 9 heteroatoms. The van der Waals surface area contributed by atoms with E-state index in [0.29, 0.717) is 24.5 Å². The van der Waals surface area contributed by atoms with Crippen LogP contribution < -0.4 is 10.6 Å². The van der Waals surface area contributed by atoms with Crippen LogP contribution in [0.25, 0.3) is 0 Å². The Morgan fingerprint density at radius 2 is 1.84 bits per heavy atom. The number of rotatable bonds is 9. The number of aryl methyl sites for hydroxylation is 1. The van der Waals surface area contributed by atoms with E-state index in [4.69, 9.17) is 9.73 Å². The highest BCUT2D eigenvalue weighted by molar-refractivity contribution is 14.0. The first kappa shape index (κ1) is 26.3. The first-order valence-corrected chi connectivity index (χ1v) is 11.8. The summed E-state index contributed by atoms with van der Waals surface area (Å²) >= 11 is 0. The molecule has 0 spiro atoms. The fourth-order valence-electron chi connectivity index (χ4n) is 4.69. The maximum absolute atomic E-state index is 5.60. The van der Waals surface area contributed by atoms with Crippen molar-refractivity contribution in [3.63, 3.8) is 0 Å². The topological polar surface area (TPSA) is 79.6 Å². The summed E-state index contributed by atoms with van der Waals surface area (Å²) in [4.78, 5) is 7.49. The van der Waals surface area contributed by atoms with Crippen LogP contribution in [0.15, 0.2) is 4.99 Å². The predicted octanol–water partition coefficient (Wildman–Crippen LogP) is 2.86. The van der Waals surface area contributed by atoms with Crippen LogP contribution in [0.3, 0.4) is 0 Å². The highest BCUT2D eigenvalue weighted by atomic mass is 127. The molecule has 2 heterocycles. The van der Waals surface area contributed by atoms with Crippen molar-refractivity contribution in [2.24, 2.45) is 18.0 Å². The maximum Gasteiger partial charge on any atom is 0.191 e. The highest BCUT2D eigenvalue weighted by Crippen LogP contribution is 2.20. The summed E-state index contributed by atoms with van der Waals surface area (Å²) in [5.74, 6) is 3.39. The van der Waals surface area contributed by atoms with Gasteiger partial charge in [-0.3, -0.25) is 4.90 Å². The molecule has 178 valence electrons. The Labute approximate surface area is 205 Å². The number of hydrogen-bond donors (Lipinski definition) is 2. The van der Waals surface area contributed by atoms with E-state index in [0.717, 1.165) is 50.5 Å². The molecular formula is C22H42IN7O. The third-order valence-electron chi connectivity index (χ3n) is 6.84. The molecule has 8 nitrogen and oxygen atoms in total. The number of nitrogens with one attached hydrogen (secondary N) is 2. The molecule has 1 aliphatic heterocycles. The van der Waals surface area contributed by atoms with E-state index in [-0.39, 0.29) is 24.0 Å². The third kappa shape index (κ3) is 7.56. The van der Waals surface area contributed by atoms with E-state index in [9.17, 15) is 0 Å². The van der Waals surface area contributed by atoms with Gasteiger partial charge in [-0.1, -0.05) is 39.5 Å². The molecule has 2 fully saturated rings. The quantitative estimate of drug-likeness (QED) is 0.281. The van der Waals surface area contributed by atoms with Gasteiger partial charge in [-0.25, -0.2) is 4.99 Å². The summed E-state index contributed by atoms with van der Waals surface area (Å²) in [7, 11) is 2.00. The van der Waals surface area contributed by atoms with Crippen molar-refractivity contribution < 1.29 is 4.74 Å². The number of aliphatic imine (C=N–C) groups is 1. The normalized spacial score (nSPS) is 19.5. The van der Waals surface area contributed by atoms with Crippen LogP contribution in [0, 0.1) is 12.8 Å². The highest BCUT2D eigenvalue weighted by Gasteiger charge is 2.27. The van der Waals surface area contributed by atoms with Gasteiger partial charge in [0.2, 0.25) is 0 Å². The molecule has 0 radical (unpaired) electrons. The van der Waals surface area contributed by atoms with Crippen molar-refractivity contribution in [2.45, 2.75) is 77.9 Å². The van der Waals surface area contributed by atoms with Crippen LogP contribution in [0.4, 0.5) is 0 Å². The molecule has 3 rings (SSSR count). The second-order valence-electron chi connectivity index (χ2n) is 8.69. The first-order valence-electron chi connectivity index (χ1n) is 11.8. The molecule has 2 N–H and O–H groups in total. The zero-order valence-corrected chi connectivity index (χ0v) is 22.1. The molecule has 0 amide bonds. The monoisotopic (exact) mass is 547 g/mol. The van der Waals surface area contributed by atoms with Gasteiger partial charge in [0.05, 0.1) is 13.2 Å². The standard InChI is InChI=1S/C22H41N7O.HI/c1-5-18(6-2)20(29-11-13-30-14-12-29)15-23-22(25-19-9-7-8-10-19)24-16-21-27-26-17(3)28(21)4;/h18-20H,5-16H2,1-4H3,(H2,23,24,25);1H. The van der Waals surface area contributed by atoms with Crippen LogP contribution in [-0.2, 0) is 18.3 Å². The number of morpholine rings is 1. The van der Waals surface area contributed by atoms with Crippen molar-refractivity contribution in [1.82, 2.24) is 30.3 Å². The van der Waals surface area contributed by atoms with E-state index >= 15 is 0 Å². The summed E-state index contributed by atoms with van der Waals surface area (Å²) in [5, 5.41) is 15.8. The van der Waals surface area contributed by atoms with Crippen LogP contribution in [0.5, 0.6) is 0 Å². The number of ether oxygens (including phenoxy) is 1. The van der Waals surface area contributed by atoms with E-state index < -0.39 is 0 Å². The Morgan fingerprint density at radius 3 is 2.42 bits per heavy atom. The molecule has 31 heavy (non-hydrogen) atoms. The van der Waals surface area contributed by atoms with E-state index in [1.54, 1.807) is 0 Å². The smallest absolute Gasteiger partial charge is 0.191 e. The summed E-state index contributed by atoms with van der Waals surface area (Å²) in [6, 6.07) is 1.02. The molecule has 1 aromatic rings. The van der Waals surface area contributed by atoms with Crippen molar-refractivity contribution in [3.8, 4) is 0 Å².